The van der Waals surface area contributed by atoms with Gasteiger partial charge in [-0.25, -0.2) is 0 Å². The molecule has 2 aromatic rings. The zero-order valence-electron chi connectivity index (χ0n) is 18.7. The molecule has 2 aliphatic heterocycles. The van der Waals surface area contributed by atoms with E-state index in [0.717, 1.165) is 0 Å². The molecule has 0 aliphatic carbocycles. The molecule has 2 aromatic carbocycles. The Morgan fingerprint density at radius 2 is 1.03 bits per heavy atom. The Morgan fingerprint density at radius 1 is 0.690 bits per heavy atom. The highest BCUT2D eigenvalue weighted by Crippen LogP contribution is 2.46. The first kappa shape index (κ1) is 20.6. The Labute approximate surface area is 175 Å². The molecule has 2 heterocycles. The normalized spacial score (nSPS) is 26.4. The summed E-state index contributed by atoms with van der Waals surface area (Å²) in [6, 6.07) is 17.2. The van der Waals surface area contributed by atoms with Crippen LogP contribution in [0.2, 0.25) is 0 Å². The maximum Gasteiger partial charge on any atom is 0.140 e. The molecule has 0 radical (unpaired) electrons. The van der Waals surface area contributed by atoms with Crippen molar-refractivity contribution in [2.75, 3.05) is 26.4 Å². The lowest BCUT2D eigenvalue weighted by Crippen LogP contribution is -2.28. The molecular formula is C26H34O3. The number of hydrogen-bond acceptors (Lipinski definition) is 3. The molecular weight excluding hydrogens is 360 g/mol. The van der Waals surface area contributed by atoms with Crippen molar-refractivity contribution < 1.29 is 14.2 Å². The zero-order chi connectivity index (χ0) is 20.9. The molecule has 2 unspecified atom stereocenters. The largest absolute Gasteiger partial charge is 0.375 e. The van der Waals surface area contributed by atoms with Crippen LogP contribution in [0.15, 0.2) is 48.5 Å². The standard InChI is InChI=1S/C26H34O3/c1-23(2,3)19-11-7-9-13-21(19)25(17-28-25)15-27-16-26(18-29-26)22-14-10-8-12-20(22)24(4,5)6/h7-14H,15-18H2,1-6H3. The molecule has 2 aliphatic rings. The van der Waals surface area contributed by atoms with Crippen LogP contribution in [0.3, 0.4) is 0 Å². The fourth-order valence-electron chi connectivity index (χ4n) is 4.26. The van der Waals surface area contributed by atoms with E-state index in [2.05, 4.69) is 90.1 Å². The third-order valence-corrected chi connectivity index (χ3v) is 6.11. The van der Waals surface area contributed by atoms with Gasteiger partial charge in [0, 0.05) is 0 Å². The molecule has 2 fully saturated rings. The maximum atomic E-state index is 6.28. The van der Waals surface area contributed by atoms with E-state index in [1.807, 2.05) is 0 Å². The van der Waals surface area contributed by atoms with Gasteiger partial charge in [0.05, 0.1) is 26.4 Å². The number of benzene rings is 2. The predicted molar refractivity (Wildman–Crippen MR) is 116 cm³/mol. The van der Waals surface area contributed by atoms with Crippen LogP contribution in [0.5, 0.6) is 0 Å². The maximum absolute atomic E-state index is 6.28. The van der Waals surface area contributed by atoms with Crippen LogP contribution in [0.1, 0.15) is 63.8 Å². The minimum atomic E-state index is -0.316. The Kier molecular flexibility index (Phi) is 4.92. The minimum Gasteiger partial charge on any atom is -0.375 e. The van der Waals surface area contributed by atoms with Gasteiger partial charge in [-0.1, -0.05) is 90.1 Å². The van der Waals surface area contributed by atoms with Gasteiger partial charge in [0.25, 0.3) is 0 Å². The summed E-state index contributed by atoms with van der Waals surface area (Å²) in [6.07, 6.45) is 0. The summed E-state index contributed by atoms with van der Waals surface area (Å²) < 4.78 is 18.2. The van der Waals surface area contributed by atoms with Crippen molar-refractivity contribution >= 4 is 0 Å². The van der Waals surface area contributed by atoms with E-state index >= 15 is 0 Å². The fourth-order valence-corrected chi connectivity index (χ4v) is 4.26. The molecule has 3 nitrogen and oxygen atoms in total. The first-order valence-electron chi connectivity index (χ1n) is 10.6. The van der Waals surface area contributed by atoms with E-state index in [1.165, 1.54) is 22.3 Å². The van der Waals surface area contributed by atoms with E-state index in [1.54, 1.807) is 0 Å². The molecule has 4 rings (SSSR count). The average Bonchev–Trinajstić information content (AvgIpc) is 3.57. The van der Waals surface area contributed by atoms with Crippen LogP contribution in [0.4, 0.5) is 0 Å². The number of hydrogen-bond donors (Lipinski definition) is 0. The third-order valence-electron chi connectivity index (χ3n) is 6.11. The van der Waals surface area contributed by atoms with E-state index in [9.17, 15) is 0 Å². The van der Waals surface area contributed by atoms with Gasteiger partial charge in [-0.3, -0.25) is 0 Å². The molecule has 0 spiro atoms. The Hall–Kier alpha value is -1.68. The number of rotatable bonds is 6. The van der Waals surface area contributed by atoms with Gasteiger partial charge >= 0.3 is 0 Å². The van der Waals surface area contributed by atoms with Gasteiger partial charge in [0.15, 0.2) is 0 Å². The second-order valence-electron chi connectivity index (χ2n) is 10.6. The van der Waals surface area contributed by atoms with E-state index in [0.29, 0.717) is 26.4 Å². The summed E-state index contributed by atoms with van der Waals surface area (Å²) in [5, 5.41) is 0. The van der Waals surface area contributed by atoms with Crippen LogP contribution in [-0.2, 0) is 36.2 Å². The molecule has 2 saturated heterocycles. The van der Waals surface area contributed by atoms with E-state index in [4.69, 9.17) is 14.2 Å². The molecule has 2 atom stereocenters. The van der Waals surface area contributed by atoms with Gasteiger partial charge < -0.3 is 14.2 Å². The van der Waals surface area contributed by atoms with Gasteiger partial charge in [0.1, 0.15) is 11.2 Å². The highest BCUT2D eigenvalue weighted by molar-refractivity contribution is 5.41. The Bertz CT molecular complexity index is 804. The summed E-state index contributed by atoms with van der Waals surface area (Å²) in [7, 11) is 0. The molecule has 3 heteroatoms. The van der Waals surface area contributed by atoms with Crippen LogP contribution < -0.4 is 0 Å². The summed E-state index contributed by atoms with van der Waals surface area (Å²) >= 11 is 0. The van der Waals surface area contributed by atoms with Crippen molar-refractivity contribution in [3.8, 4) is 0 Å². The van der Waals surface area contributed by atoms with Crippen LogP contribution in [0, 0.1) is 0 Å². The van der Waals surface area contributed by atoms with Gasteiger partial charge in [-0.2, -0.15) is 0 Å². The van der Waals surface area contributed by atoms with Crippen LogP contribution in [0.25, 0.3) is 0 Å². The van der Waals surface area contributed by atoms with Crippen LogP contribution >= 0.6 is 0 Å². The lowest BCUT2D eigenvalue weighted by atomic mass is 9.80. The second-order valence-corrected chi connectivity index (χ2v) is 10.6. The van der Waals surface area contributed by atoms with Crippen molar-refractivity contribution in [2.24, 2.45) is 0 Å². The Balaban J connectivity index is 1.50. The lowest BCUT2D eigenvalue weighted by Gasteiger charge is -2.27. The molecule has 0 amide bonds. The van der Waals surface area contributed by atoms with E-state index < -0.39 is 0 Å². The quantitative estimate of drug-likeness (QED) is 0.611. The number of epoxide rings is 2. The first-order valence-corrected chi connectivity index (χ1v) is 10.6. The van der Waals surface area contributed by atoms with Gasteiger partial charge in [-0.05, 0) is 33.1 Å². The lowest BCUT2D eigenvalue weighted by molar-refractivity contribution is 0.0394. The van der Waals surface area contributed by atoms with Crippen molar-refractivity contribution in [1.82, 2.24) is 0 Å². The zero-order valence-corrected chi connectivity index (χ0v) is 18.7. The monoisotopic (exact) mass is 394 g/mol. The molecule has 0 N–H and O–H groups in total. The molecule has 0 bridgehead atoms. The molecule has 0 saturated carbocycles. The highest BCUT2D eigenvalue weighted by Gasteiger charge is 2.52. The molecule has 29 heavy (non-hydrogen) atoms. The van der Waals surface area contributed by atoms with Crippen LogP contribution in [-0.4, -0.2) is 26.4 Å². The first-order chi connectivity index (χ1) is 13.6. The summed E-state index contributed by atoms with van der Waals surface area (Å²) in [4.78, 5) is 0. The fraction of sp³-hybridized carbons (Fsp3) is 0.538. The van der Waals surface area contributed by atoms with Crippen molar-refractivity contribution in [3.05, 3.63) is 70.8 Å². The summed E-state index contributed by atoms with van der Waals surface area (Å²) in [5.41, 5.74) is 4.69. The number of ether oxygens (including phenoxy) is 3. The molecule has 0 aromatic heterocycles. The molecule has 156 valence electrons. The summed E-state index contributed by atoms with van der Waals surface area (Å²) in [5.74, 6) is 0. The highest BCUT2D eigenvalue weighted by atomic mass is 16.6. The SMILES string of the molecule is CC(C)(C)c1ccccc1C1(COCC2(c3ccccc3C(C)(C)C)CO2)CO1. The van der Waals surface area contributed by atoms with Gasteiger partial charge in [-0.15, -0.1) is 0 Å². The second kappa shape index (κ2) is 6.94. The van der Waals surface area contributed by atoms with Gasteiger partial charge in [0.2, 0.25) is 0 Å². The van der Waals surface area contributed by atoms with Crippen molar-refractivity contribution in [2.45, 2.75) is 63.6 Å². The Morgan fingerprint density at radius 3 is 1.34 bits per heavy atom. The summed E-state index contributed by atoms with van der Waals surface area (Å²) in [6.45, 7) is 16.0. The topological polar surface area (TPSA) is 34.3 Å². The average molecular weight is 395 g/mol. The minimum absolute atomic E-state index is 0.0714. The van der Waals surface area contributed by atoms with Crippen molar-refractivity contribution in [1.29, 1.82) is 0 Å². The third kappa shape index (κ3) is 4.01. The smallest absolute Gasteiger partial charge is 0.140 e. The van der Waals surface area contributed by atoms with Crippen molar-refractivity contribution in [3.63, 3.8) is 0 Å². The van der Waals surface area contributed by atoms with E-state index in [-0.39, 0.29) is 22.0 Å². The predicted octanol–water partition coefficient (Wildman–Crippen LogP) is 5.45.